The van der Waals surface area contributed by atoms with Crippen molar-refractivity contribution in [2.24, 2.45) is 14.1 Å². The first-order valence-corrected chi connectivity index (χ1v) is 11.2. The van der Waals surface area contributed by atoms with Crippen LogP contribution in [0.4, 0.5) is 0 Å². The number of benzene rings is 2. The van der Waals surface area contributed by atoms with Crippen molar-refractivity contribution in [1.82, 2.24) is 39.3 Å². The number of aromatic amines is 1. The molecule has 0 unspecified atom stereocenters. The molecule has 10 nitrogen and oxygen atoms in total. The number of H-pyrrole nitrogens is 1. The van der Waals surface area contributed by atoms with Crippen LogP contribution in [0.1, 0.15) is 24.7 Å². The molecule has 0 fully saturated rings. The molecule has 3 heterocycles. The molecular formula is C25H24N8O2. The van der Waals surface area contributed by atoms with E-state index in [2.05, 4.69) is 25.6 Å². The predicted molar refractivity (Wildman–Crippen MR) is 134 cm³/mol. The molecule has 0 saturated carbocycles. The first kappa shape index (κ1) is 22.2. The molecule has 5 rings (SSSR count). The van der Waals surface area contributed by atoms with Crippen LogP contribution >= 0.6 is 0 Å². The Labute approximate surface area is 200 Å². The van der Waals surface area contributed by atoms with Crippen LogP contribution in [0.15, 0.2) is 64.2 Å². The summed E-state index contributed by atoms with van der Waals surface area (Å²) >= 11 is 0. The molecule has 0 spiro atoms. The minimum Gasteiger partial charge on any atom is -0.314 e. The molecule has 0 radical (unpaired) electrons. The van der Waals surface area contributed by atoms with Crippen molar-refractivity contribution in [3.8, 4) is 22.5 Å². The van der Waals surface area contributed by atoms with Crippen molar-refractivity contribution in [3.05, 3.63) is 86.8 Å². The summed E-state index contributed by atoms with van der Waals surface area (Å²) in [5.41, 5.74) is 3.88. The Morgan fingerprint density at radius 1 is 0.971 bits per heavy atom. The van der Waals surface area contributed by atoms with Crippen molar-refractivity contribution in [2.45, 2.75) is 19.9 Å². The minimum absolute atomic E-state index is 0.364. The van der Waals surface area contributed by atoms with Gasteiger partial charge >= 0.3 is 5.69 Å². The van der Waals surface area contributed by atoms with Crippen LogP contribution < -0.4 is 11.2 Å². The number of rotatable bonds is 6. The van der Waals surface area contributed by atoms with Crippen molar-refractivity contribution >= 4 is 17.2 Å². The number of nitrogens with one attached hydrogen (secondary N) is 1. The van der Waals surface area contributed by atoms with Gasteiger partial charge in [-0.05, 0) is 34.4 Å². The van der Waals surface area contributed by atoms with Gasteiger partial charge in [0.15, 0.2) is 11.2 Å². The van der Waals surface area contributed by atoms with Gasteiger partial charge in [0.25, 0.3) is 5.56 Å². The standard InChI is InChI=1S/C25H24N8O2/c1-4-5-10-20-26-23-21(24(34)32(3)25(35)31(23)2)33(20)15-16-11-13-17(14-12-16)18-8-6-7-9-19(18)22-27-29-30-28-22/h5-14H,4,15H2,1-3H3,(H,27,28,29,30). The van der Waals surface area contributed by atoms with Crippen molar-refractivity contribution < 1.29 is 0 Å². The fourth-order valence-electron chi connectivity index (χ4n) is 4.15. The Morgan fingerprint density at radius 2 is 1.71 bits per heavy atom. The molecule has 35 heavy (non-hydrogen) atoms. The summed E-state index contributed by atoms with van der Waals surface area (Å²) in [5, 5.41) is 14.4. The highest BCUT2D eigenvalue weighted by Crippen LogP contribution is 2.30. The molecule has 2 aromatic carbocycles. The van der Waals surface area contributed by atoms with Crippen LogP contribution in [0.3, 0.4) is 0 Å². The van der Waals surface area contributed by atoms with Crippen LogP contribution in [-0.2, 0) is 20.6 Å². The molecule has 3 aromatic heterocycles. The van der Waals surface area contributed by atoms with Crippen LogP contribution in [-0.4, -0.2) is 39.3 Å². The Morgan fingerprint density at radius 3 is 2.40 bits per heavy atom. The van der Waals surface area contributed by atoms with E-state index in [4.69, 9.17) is 0 Å². The number of aromatic nitrogens is 8. The second-order valence-corrected chi connectivity index (χ2v) is 8.22. The van der Waals surface area contributed by atoms with Gasteiger partial charge in [-0.15, -0.1) is 10.2 Å². The van der Waals surface area contributed by atoms with E-state index in [1.54, 1.807) is 7.05 Å². The fraction of sp³-hybridized carbons (Fsp3) is 0.200. The maximum Gasteiger partial charge on any atom is 0.332 e. The van der Waals surface area contributed by atoms with Gasteiger partial charge in [0.05, 0.1) is 0 Å². The quantitative estimate of drug-likeness (QED) is 0.410. The van der Waals surface area contributed by atoms with E-state index in [-0.39, 0.29) is 5.56 Å². The van der Waals surface area contributed by atoms with E-state index >= 15 is 0 Å². The van der Waals surface area contributed by atoms with Gasteiger partial charge in [-0.25, -0.2) is 9.78 Å². The first-order valence-electron chi connectivity index (χ1n) is 11.2. The van der Waals surface area contributed by atoms with E-state index < -0.39 is 5.69 Å². The zero-order valence-corrected chi connectivity index (χ0v) is 19.6. The lowest BCUT2D eigenvalue weighted by Crippen LogP contribution is -2.37. The highest BCUT2D eigenvalue weighted by atomic mass is 16.2. The van der Waals surface area contributed by atoms with E-state index in [0.29, 0.717) is 29.4 Å². The number of aryl methyl sites for hydroxylation is 1. The summed E-state index contributed by atoms with van der Waals surface area (Å²) in [7, 11) is 3.11. The average Bonchev–Trinajstić information content (AvgIpc) is 3.54. The highest BCUT2D eigenvalue weighted by Gasteiger charge is 2.18. The normalized spacial score (nSPS) is 11.6. The Balaban J connectivity index is 1.57. The molecule has 0 bridgehead atoms. The molecule has 0 amide bonds. The summed E-state index contributed by atoms with van der Waals surface area (Å²) in [6.45, 7) is 2.46. The molecule has 0 atom stereocenters. The van der Waals surface area contributed by atoms with Crippen LogP contribution in [0.5, 0.6) is 0 Å². The molecule has 0 saturated heterocycles. The SMILES string of the molecule is CCC=Cc1nc2c(c(=O)n(C)c(=O)n2C)n1Cc1ccc(-c2ccccc2-c2nn[nH]n2)cc1. The maximum atomic E-state index is 13.0. The molecule has 1 N–H and O–H groups in total. The fourth-order valence-corrected chi connectivity index (χ4v) is 4.15. The van der Waals surface area contributed by atoms with Crippen LogP contribution in [0, 0.1) is 0 Å². The lowest BCUT2D eigenvalue weighted by Gasteiger charge is -2.10. The second-order valence-electron chi connectivity index (χ2n) is 8.22. The van der Waals surface area contributed by atoms with Crippen molar-refractivity contribution in [2.75, 3.05) is 0 Å². The minimum atomic E-state index is -0.400. The number of fused-ring (bicyclic) bond motifs is 1. The van der Waals surface area contributed by atoms with Gasteiger partial charge in [0, 0.05) is 26.2 Å². The predicted octanol–water partition coefficient (Wildman–Crippen LogP) is 2.75. The van der Waals surface area contributed by atoms with Gasteiger partial charge < -0.3 is 4.57 Å². The summed E-state index contributed by atoms with van der Waals surface area (Å²) < 4.78 is 4.39. The van der Waals surface area contributed by atoms with E-state index in [9.17, 15) is 9.59 Å². The summed E-state index contributed by atoms with van der Waals surface area (Å²) in [6, 6.07) is 16.0. The summed E-state index contributed by atoms with van der Waals surface area (Å²) in [5.74, 6) is 1.16. The van der Waals surface area contributed by atoms with Crippen LogP contribution in [0.25, 0.3) is 39.8 Å². The van der Waals surface area contributed by atoms with Gasteiger partial charge in [0.1, 0.15) is 5.82 Å². The van der Waals surface area contributed by atoms with Gasteiger partial charge in [-0.1, -0.05) is 61.5 Å². The van der Waals surface area contributed by atoms with Gasteiger partial charge in [0.2, 0.25) is 5.82 Å². The molecule has 176 valence electrons. The van der Waals surface area contributed by atoms with Gasteiger partial charge in [-0.2, -0.15) is 5.21 Å². The monoisotopic (exact) mass is 468 g/mol. The van der Waals surface area contributed by atoms with Gasteiger partial charge in [-0.3, -0.25) is 13.9 Å². The number of allylic oxidation sites excluding steroid dienone is 1. The molecular weight excluding hydrogens is 444 g/mol. The van der Waals surface area contributed by atoms with Crippen molar-refractivity contribution in [3.63, 3.8) is 0 Å². The first-order chi connectivity index (χ1) is 17.0. The third-order valence-electron chi connectivity index (χ3n) is 6.00. The molecule has 5 aromatic rings. The molecule has 0 aliphatic carbocycles. The van der Waals surface area contributed by atoms with E-state index in [0.717, 1.165) is 33.2 Å². The highest BCUT2D eigenvalue weighted by molar-refractivity contribution is 5.80. The number of imidazole rings is 1. The Hall–Kier alpha value is -4.60. The Kier molecular flexibility index (Phi) is 5.69. The molecule has 0 aliphatic heterocycles. The zero-order chi connectivity index (χ0) is 24.5. The van der Waals surface area contributed by atoms with Crippen LogP contribution in [0.2, 0.25) is 0 Å². The topological polar surface area (TPSA) is 116 Å². The van der Waals surface area contributed by atoms with Crippen molar-refractivity contribution in [1.29, 1.82) is 0 Å². The number of hydrogen-bond acceptors (Lipinski definition) is 6. The number of tetrazole rings is 1. The zero-order valence-electron chi connectivity index (χ0n) is 19.6. The summed E-state index contributed by atoms with van der Waals surface area (Å²) in [6.07, 6.45) is 4.70. The smallest absolute Gasteiger partial charge is 0.314 e. The lowest BCUT2D eigenvalue weighted by molar-refractivity contribution is 0.702. The lowest BCUT2D eigenvalue weighted by atomic mass is 9.98. The maximum absolute atomic E-state index is 13.0. The third-order valence-corrected chi connectivity index (χ3v) is 6.00. The third kappa shape index (κ3) is 3.88. The number of nitrogens with zero attached hydrogens (tertiary/aromatic N) is 7. The summed E-state index contributed by atoms with van der Waals surface area (Å²) in [4.78, 5) is 30.1. The number of hydrogen-bond donors (Lipinski definition) is 1. The Bertz CT molecular complexity index is 1660. The largest absolute Gasteiger partial charge is 0.332 e. The van der Waals surface area contributed by atoms with E-state index in [1.807, 2.05) is 72.2 Å². The average molecular weight is 469 g/mol. The second kappa shape index (κ2) is 8.98. The van der Waals surface area contributed by atoms with E-state index in [1.165, 1.54) is 11.6 Å². The molecule has 0 aliphatic rings. The molecule has 10 heteroatoms.